The van der Waals surface area contributed by atoms with Crippen LogP contribution >= 0.6 is 0 Å². The van der Waals surface area contributed by atoms with Gasteiger partial charge in [0.05, 0.1) is 17.7 Å². The van der Waals surface area contributed by atoms with Gasteiger partial charge in [0.2, 0.25) is 5.71 Å². The van der Waals surface area contributed by atoms with E-state index < -0.39 is 29.4 Å². The number of carbonyl (C=O) groups excluding carboxylic acids is 1. The van der Waals surface area contributed by atoms with Gasteiger partial charge in [-0.3, -0.25) is 10.2 Å². The summed E-state index contributed by atoms with van der Waals surface area (Å²) in [6.07, 6.45) is -1.48. The zero-order valence-corrected chi connectivity index (χ0v) is 17.2. The van der Waals surface area contributed by atoms with Crippen LogP contribution in [0.25, 0.3) is 0 Å². The first-order valence-corrected chi connectivity index (χ1v) is 9.28. The minimum Gasteiger partial charge on any atom is -0.465 e. The number of nitrogens with zero attached hydrogens (tertiary/aromatic N) is 4. The number of carboxylic acid groups (broad SMARTS) is 1. The number of anilines is 1. The van der Waals surface area contributed by atoms with E-state index in [9.17, 15) is 24.5 Å². The minimum absolute atomic E-state index is 0.124. The second-order valence-corrected chi connectivity index (χ2v) is 6.65. The molecule has 2 amide bonds. The fourth-order valence-electron chi connectivity index (χ4n) is 3.19. The molecule has 0 saturated carbocycles. The van der Waals surface area contributed by atoms with E-state index in [1.54, 1.807) is 44.2 Å². The van der Waals surface area contributed by atoms with Gasteiger partial charge in [0.1, 0.15) is 11.9 Å². The molecule has 1 atom stereocenters. The standard InChI is InChI=1S/C22H20FN5O3/c1-4-28(22(30)31)21(29)19(12-25)27-26-17-9-13(2)20(14(3)10-17)18(11-24)15-5-7-16(23)8-6-15/h5-10,18,26H,4H2,1-3H3,(H,30,31)/b27-19-. The Kier molecular flexibility index (Phi) is 7.43. The molecule has 0 bridgehead atoms. The summed E-state index contributed by atoms with van der Waals surface area (Å²) in [6.45, 7) is 4.93. The largest absolute Gasteiger partial charge is 0.465 e. The van der Waals surface area contributed by atoms with Gasteiger partial charge in [-0.1, -0.05) is 12.1 Å². The Hall–Kier alpha value is -4.24. The lowest BCUT2D eigenvalue weighted by Gasteiger charge is -2.18. The first-order valence-electron chi connectivity index (χ1n) is 9.28. The van der Waals surface area contributed by atoms with E-state index >= 15 is 0 Å². The van der Waals surface area contributed by atoms with Gasteiger partial charge < -0.3 is 5.11 Å². The van der Waals surface area contributed by atoms with Gasteiger partial charge in [-0.25, -0.2) is 14.1 Å². The molecular formula is C22H20FN5O3. The van der Waals surface area contributed by atoms with E-state index in [1.165, 1.54) is 19.1 Å². The molecule has 2 aromatic carbocycles. The molecule has 0 aromatic heterocycles. The van der Waals surface area contributed by atoms with Crippen LogP contribution in [0.5, 0.6) is 0 Å². The van der Waals surface area contributed by atoms with Crippen molar-refractivity contribution in [3.63, 3.8) is 0 Å². The Morgan fingerprint density at radius 3 is 2.23 bits per heavy atom. The molecule has 2 rings (SSSR count). The number of halogens is 1. The Balaban J connectivity index is 2.35. The molecule has 0 saturated heterocycles. The summed E-state index contributed by atoms with van der Waals surface area (Å²) in [5.74, 6) is -2.03. The van der Waals surface area contributed by atoms with Crippen molar-refractivity contribution in [3.05, 3.63) is 64.5 Å². The number of rotatable bonds is 6. The molecule has 1 unspecified atom stereocenters. The third-order valence-corrected chi connectivity index (χ3v) is 4.61. The highest BCUT2D eigenvalue weighted by molar-refractivity contribution is 6.46. The molecule has 0 heterocycles. The molecule has 9 heteroatoms. The van der Waals surface area contributed by atoms with Gasteiger partial charge in [0.25, 0.3) is 5.91 Å². The number of aryl methyl sites for hydroxylation is 2. The van der Waals surface area contributed by atoms with E-state index in [0.717, 1.165) is 16.7 Å². The number of imide groups is 1. The monoisotopic (exact) mass is 421 g/mol. The summed E-state index contributed by atoms with van der Waals surface area (Å²) in [4.78, 5) is 23.7. The van der Waals surface area contributed by atoms with Crippen molar-refractivity contribution < 1.29 is 19.1 Å². The SMILES string of the molecule is CCN(C(=O)O)C(=O)/C(C#N)=N\Nc1cc(C)c(C(C#N)c2ccc(F)cc2)c(C)c1. The van der Waals surface area contributed by atoms with Gasteiger partial charge in [-0.2, -0.15) is 15.6 Å². The molecule has 0 fully saturated rings. The van der Waals surface area contributed by atoms with E-state index in [1.807, 2.05) is 0 Å². The van der Waals surface area contributed by atoms with Crippen LogP contribution in [-0.2, 0) is 4.79 Å². The number of benzene rings is 2. The fourth-order valence-corrected chi connectivity index (χ4v) is 3.19. The topological polar surface area (TPSA) is 130 Å². The zero-order valence-electron chi connectivity index (χ0n) is 17.2. The summed E-state index contributed by atoms with van der Waals surface area (Å²) < 4.78 is 13.2. The van der Waals surface area contributed by atoms with Crippen molar-refractivity contribution >= 4 is 23.4 Å². The van der Waals surface area contributed by atoms with Crippen molar-refractivity contribution in [3.8, 4) is 12.1 Å². The number of nitriles is 2. The van der Waals surface area contributed by atoms with Crippen LogP contribution in [-0.4, -0.2) is 34.3 Å². The van der Waals surface area contributed by atoms with Crippen LogP contribution in [0.15, 0.2) is 41.5 Å². The van der Waals surface area contributed by atoms with Crippen LogP contribution in [0.3, 0.4) is 0 Å². The second-order valence-electron chi connectivity index (χ2n) is 6.65. The predicted octanol–water partition coefficient (Wildman–Crippen LogP) is 3.92. The maximum absolute atomic E-state index is 13.2. The van der Waals surface area contributed by atoms with E-state index in [4.69, 9.17) is 5.11 Å². The van der Waals surface area contributed by atoms with Crippen LogP contribution in [0.4, 0.5) is 14.9 Å². The number of hydrogen-bond donors (Lipinski definition) is 2. The molecule has 8 nitrogen and oxygen atoms in total. The molecular weight excluding hydrogens is 401 g/mol. The van der Waals surface area contributed by atoms with Crippen molar-refractivity contribution in [1.29, 1.82) is 10.5 Å². The lowest BCUT2D eigenvalue weighted by Crippen LogP contribution is -2.40. The number of amides is 2. The summed E-state index contributed by atoms with van der Waals surface area (Å²) in [5.41, 5.74) is 5.35. The second kappa shape index (κ2) is 9.99. The van der Waals surface area contributed by atoms with E-state index in [0.29, 0.717) is 16.2 Å². The number of carbonyl (C=O) groups is 2. The lowest BCUT2D eigenvalue weighted by atomic mass is 9.86. The summed E-state index contributed by atoms with van der Waals surface area (Å²) in [5, 5.41) is 31.7. The van der Waals surface area contributed by atoms with Gasteiger partial charge >= 0.3 is 6.09 Å². The van der Waals surface area contributed by atoms with Gasteiger partial charge in [-0.05, 0) is 67.3 Å². The molecule has 0 aliphatic heterocycles. The van der Waals surface area contributed by atoms with Crippen molar-refractivity contribution in [2.75, 3.05) is 12.0 Å². The first-order chi connectivity index (χ1) is 14.7. The normalized spacial score (nSPS) is 11.7. The average molecular weight is 421 g/mol. The van der Waals surface area contributed by atoms with E-state index in [-0.39, 0.29) is 6.54 Å². The first kappa shape index (κ1) is 23.0. The van der Waals surface area contributed by atoms with Crippen LogP contribution in [0, 0.1) is 42.3 Å². The van der Waals surface area contributed by atoms with Gasteiger partial charge in [0.15, 0.2) is 0 Å². The lowest BCUT2D eigenvalue weighted by molar-refractivity contribution is -0.121. The summed E-state index contributed by atoms with van der Waals surface area (Å²) in [7, 11) is 0. The molecule has 0 aliphatic carbocycles. The highest BCUT2D eigenvalue weighted by atomic mass is 19.1. The maximum Gasteiger partial charge on any atom is 0.414 e. The zero-order chi connectivity index (χ0) is 23.1. The minimum atomic E-state index is -1.48. The quantitative estimate of drug-likeness (QED) is 0.537. The molecule has 31 heavy (non-hydrogen) atoms. The Labute approximate surface area is 178 Å². The smallest absolute Gasteiger partial charge is 0.414 e. The number of hydrogen-bond acceptors (Lipinski definition) is 6. The highest BCUT2D eigenvalue weighted by Gasteiger charge is 2.24. The van der Waals surface area contributed by atoms with Crippen LogP contribution in [0.1, 0.15) is 35.1 Å². The Morgan fingerprint density at radius 2 is 1.77 bits per heavy atom. The average Bonchev–Trinajstić information content (AvgIpc) is 2.72. The molecule has 0 aliphatic rings. The Morgan fingerprint density at radius 1 is 1.19 bits per heavy atom. The predicted molar refractivity (Wildman–Crippen MR) is 112 cm³/mol. The Bertz CT molecular complexity index is 1090. The van der Waals surface area contributed by atoms with Crippen LogP contribution < -0.4 is 5.43 Å². The molecule has 0 spiro atoms. The van der Waals surface area contributed by atoms with Crippen molar-refractivity contribution in [2.45, 2.75) is 26.7 Å². The third-order valence-electron chi connectivity index (χ3n) is 4.61. The molecule has 2 aromatic rings. The highest BCUT2D eigenvalue weighted by Crippen LogP contribution is 2.31. The maximum atomic E-state index is 13.2. The van der Waals surface area contributed by atoms with Crippen molar-refractivity contribution in [1.82, 2.24) is 4.90 Å². The molecule has 2 N–H and O–H groups in total. The fraction of sp³-hybridized carbons (Fsp3) is 0.227. The number of nitrogens with one attached hydrogen (secondary N) is 1. The number of hydrazone groups is 1. The van der Waals surface area contributed by atoms with Gasteiger partial charge in [0, 0.05) is 6.54 Å². The molecule has 0 radical (unpaired) electrons. The third kappa shape index (κ3) is 5.22. The van der Waals surface area contributed by atoms with Gasteiger partial charge in [-0.15, -0.1) is 0 Å². The summed E-state index contributed by atoms with van der Waals surface area (Å²) >= 11 is 0. The van der Waals surface area contributed by atoms with Crippen LogP contribution in [0.2, 0.25) is 0 Å². The molecule has 158 valence electrons. The summed E-state index contributed by atoms with van der Waals surface area (Å²) in [6, 6.07) is 12.9. The van der Waals surface area contributed by atoms with Crippen molar-refractivity contribution in [2.24, 2.45) is 5.10 Å². The van der Waals surface area contributed by atoms with E-state index in [2.05, 4.69) is 16.6 Å².